The highest BCUT2D eigenvalue weighted by molar-refractivity contribution is 4.68. The number of unbranched alkanes of at least 4 members (excludes halogenated alkanes) is 4. The van der Waals surface area contributed by atoms with Gasteiger partial charge in [0.2, 0.25) is 0 Å². The van der Waals surface area contributed by atoms with Crippen molar-refractivity contribution < 1.29 is 20.4 Å². The van der Waals surface area contributed by atoms with Crippen molar-refractivity contribution in [2.45, 2.75) is 51.2 Å². The van der Waals surface area contributed by atoms with Gasteiger partial charge in [-0.2, -0.15) is 0 Å². The maximum Gasteiger partial charge on any atom is 0.0897 e. The summed E-state index contributed by atoms with van der Waals surface area (Å²) in [6, 6.07) is 0. The molecule has 0 aliphatic carbocycles. The summed E-state index contributed by atoms with van der Waals surface area (Å²) in [5.41, 5.74) is 0. The second kappa shape index (κ2) is 11.9. The summed E-state index contributed by atoms with van der Waals surface area (Å²) >= 11 is 0. The molecular weight excluding hydrogens is 234 g/mol. The second-order valence-corrected chi connectivity index (χ2v) is 4.85. The predicted molar refractivity (Wildman–Crippen MR) is 71.4 cm³/mol. The van der Waals surface area contributed by atoms with E-state index in [1.54, 1.807) is 0 Å². The molecule has 0 aliphatic heterocycles. The third-order valence-corrected chi connectivity index (χ3v) is 2.94. The largest absolute Gasteiger partial charge is 0.394 e. The van der Waals surface area contributed by atoms with Crippen LogP contribution in [0.5, 0.6) is 0 Å². The molecule has 0 rings (SSSR count). The van der Waals surface area contributed by atoms with Gasteiger partial charge in [0.15, 0.2) is 0 Å². The third kappa shape index (κ3) is 9.79. The minimum atomic E-state index is -0.786. The van der Waals surface area contributed by atoms with Crippen LogP contribution in [-0.2, 0) is 0 Å². The fourth-order valence-corrected chi connectivity index (χ4v) is 1.91. The van der Waals surface area contributed by atoms with Gasteiger partial charge in [0.05, 0.1) is 25.4 Å². The van der Waals surface area contributed by atoms with Gasteiger partial charge in [-0.15, -0.1) is 0 Å². The Bertz CT molecular complexity index is 168. The van der Waals surface area contributed by atoms with E-state index < -0.39 is 12.2 Å². The topological polar surface area (TPSA) is 84.2 Å². The first kappa shape index (κ1) is 17.8. The molecule has 0 aromatic rings. The highest BCUT2D eigenvalue weighted by atomic mass is 16.3. The lowest BCUT2D eigenvalue weighted by Gasteiger charge is -2.26. The lowest BCUT2D eigenvalue weighted by molar-refractivity contribution is 0.0228. The molecule has 0 aromatic carbocycles. The zero-order valence-corrected chi connectivity index (χ0v) is 11.5. The van der Waals surface area contributed by atoms with Crippen molar-refractivity contribution in [3.05, 3.63) is 0 Å². The zero-order chi connectivity index (χ0) is 13.8. The standard InChI is InChI=1S/C13H29NO4/c1-2-3-4-5-6-7-14(8-12(17)10-15)9-13(18)11-16/h12-13,15-18H,2-11H2,1H3. The Morgan fingerprint density at radius 2 is 1.33 bits per heavy atom. The van der Waals surface area contributed by atoms with Crippen molar-refractivity contribution in [2.75, 3.05) is 32.8 Å². The van der Waals surface area contributed by atoms with Crippen LogP contribution >= 0.6 is 0 Å². The molecule has 0 aromatic heterocycles. The van der Waals surface area contributed by atoms with Gasteiger partial charge in [-0.1, -0.05) is 32.6 Å². The van der Waals surface area contributed by atoms with Gasteiger partial charge in [-0.3, -0.25) is 4.90 Å². The van der Waals surface area contributed by atoms with Crippen LogP contribution in [-0.4, -0.2) is 70.4 Å². The third-order valence-electron chi connectivity index (χ3n) is 2.94. The van der Waals surface area contributed by atoms with E-state index in [4.69, 9.17) is 10.2 Å². The monoisotopic (exact) mass is 263 g/mol. The molecule has 2 unspecified atom stereocenters. The number of nitrogens with zero attached hydrogens (tertiary/aromatic N) is 1. The number of rotatable bonds is 12. The van der Waals surface area contributed by atoms with Crippen molar-refractivity contribution in [3.63, 3.8) is 0 Å². The number of aliphatic hydroxyl groups excluding tert-OH is 4. The van der Waals surface area contributed by atoms with Crippen LogP contribution in [0.4, 0.5) is 0 Å². The van der Waals surface area contributed by atoms with Crippen LogP contribution in [0, 0.1) is 0 Å². The zero-order valence-electron chi connectivity index (χ0n) is 11.5. The van der Waals surface area contributed by atoms with Crippen LogP contribution in [0.15, 0.2) is 0 Å². The molecule has 0 heterocycles. The summed E-state index contributed by atoms with van der Waals surface area (Å²) in [6.45, 7) is 3.06. The van der Waals surface area contributed by atoms with Gasteiger partial charge in [0.25, 0.3) is 0 Å². The van der Waals surface area contributed by atoms with Crippen molar-refractivity contribution in [1.82, 2.24) is 4.90 Å². The first-order valence-electron chi connectivity index (χ1n) is 6.94. The Hall–Kier alpha value is -0.200. The van der Waals surface area contributed by atoms with Crippen molar-refractivity contribution in [2.24, 2.45) is 0 Å². The van der Waals surface area contributed by atoms with Gasteiger partial charge in [0, 0.05) is 13.1 Å². The SMILES string of the molecule is CCCCCCCN(CC(O)CO)CC(O)CO. The highest BCUT2D eigenvalue weighted by Gasteiger charge is 2.14. The van der Waals surface area contributed by atoms with Crippen LogP contribution in [0.2, 0.25) is 0 Å². The molecule has 110 valence electrons. The normalized spacial score (nSPS) is 15.0. The van der Waals surface area contributed by atoms with Crippen LogP contribution in [0.3, 0.4) is 0 Å². The number of aliphatic hydroxyl groups is 4. The van der Waals surface area contributed by atoms with Crippen molar-refractivity contribution in [3.8, 4) is 0 Å². The molecule has 2 atom stereocenters. The van der Waals surface area contributed by atoms with Crippen molar-refractivity contribution >= 4 is 0 Å². The van der Waals surface area contributed by atoms with E-state index in [-0.39, 0.29) is 13.2 Å². The number of hydrogen-bond donors (Lipinski definition) is 4. The van der Waals surface area contributed by atoms with Gasteiger partial charge in [-0.05, 0) is 13.0 Å². The molecule has 0 radical (unpaired) electrons. The molecule has 0 saturated carbocycles. The van der Waals surface area contributed by atoms with E-state index in [0.29, 0.717) is 13.1 Å². The fraction of sp³-hybridized carbons (Fsp3) is 1.00. The van der Waals surface area contributed by atoms with E-state index in [1.165, 1.54) is 19.3 Å². The Labute approximate surface area is 110 Å². The summed E-state index contributed by atoms with van der Waals surface area (Å²) in [6.07, 6.45) is 4.22. The Morgan fingerprint density at radius 1 is 0.833 bits per heavy atom. The van der Waals surface area contributed by atoms with Gasteiger partial charge in [0.1, 0.15) is 0 Å². The molecule has 0 saturated heterocycles. The quantitative estimate of drug-likeness (QED) is 0.372. The highest BCUT2D eigenvalue weighted by Crippen LogP contribution is 2.05. The van der Waals surface area contributed by atoms with E-state index in [1.807, 2.05) is 4.90 Å². The lowest BCUT2D eigenvalue weighted by atomic mass is 10.1. The average molecular weight is 263 g/mol. The van der Waals surface area contributed by atoms with Gasteiger partial charge >= 0.3 is 0 Å². The predicted octanol–water partition coefficient (Wildman–Crippen LogP) is -0.0348. The first-order valence-corrected chi connectivity index (χ1v) is 6.94. The van der Waals surface area contributed by atoms with Crippen LogP contribution < -0.4 is 0 Å². The van der Waals surface area contributed by atoms with Crippen molar-refractivity contribution in [1.29, 1.82) is 0 Å². The molecule has 4 N–H and O–H groups in total. The molecule has 0 fully saturated rings. The smallest absolute Gasteiger partial charge is 0.0897 e. The second-order valence-electron chi connectivity index (χ2n) is 4.85. The Balaban J connectivity index is 3.88. The van der Waals surface area contributed by atoms with E-state index in [9.17, 15) is 10.2 Å². The molecule has 0 bridgehead atoms. The molecule has 0 aliphatic rings. The Kier molecular flexibility index (Phi) is 11.7. The molecular formula is C13H29NO4. The maximum atomic E-state index is 9.42. The van der Waals surface area contributed by atoms with Crippen LogP contribution in [0.25, 0.3) is 0 Å². The van der Waals surface area contributed by atoms with Crippen LogP contribution in [0.1, 0.15) is 39.0 Å². The minimum absolute atomic E-state index is 0.276. The molecule has 0 amide bonds. The minimum Gasteiger partial charge on any atom is -0.394 e. The Morgan fingerprint density at radius 3 is 1.78 bits per heavy atom. The lowest BCUT2D eigenvalue weighted by Crippen LogP contribution is -2.40. The molecule has 5 heteroatoms. The average Bonchev–Trinajstić information content (AvgIpc) is 2.37. The molecule has 5 nitrogen and oxygen atoms in total. The summed E-state index contributed by atoms with van der Waals surface area (Å²) in [7, 11) is 0. The number of hydrogen-bond acceptors (Lipinski definition) is 5. The summed E-state index contributed by atoms with van der Waals surface area (Å²) in [5.74, 6) is 0. The van der Waals surface area contributed by atoms with Gasteiger partial charge in [-0.25, -0.2) is 0 Å². The summed E-state index contributed by atoms with van der Waals surface area (Å²) in [5, 5.41) is 36.5. The van der Waals surface area contributed by atoms with Gasteiger partial charge < -0.3 is 20.4 Å². The van der Waals surface area contributed by atoms with E-state index in [2.05, 4.69) is 6.92 Å². The first-order chi connectivity index (χ1) is 8.63. The fourth-order valence-electron chi connectivity index (χ4n) is 1.91. The van der Waals surface area contributed by atoms with E-state index in [0.717, 1.165) is 19.4 Å². The maximum absolute atomic E-state index is 9.42. The van der Waals surface area contributed by atoms with E-state index >= 15 is 0 Å². The molecule has 18 heavy (non-hydrogen) atoms. The summed E-state index contributed by atoms with van der Waals surface area (Å²) < 4.78 is 0. The molecule has 0 spiro atoms. The summed E-state index contributed by atoms with van der Waals surface area (Å²) in [4.78, 5) is 1.90.